The standard InChI is InChI=1S/C21H21NO4S/c1-13-7-6-12-22(14(13)2)27(25,26)18-11-5-10-17-19(18)21(24)16-9-4-3-8-15(16)20(17)23/h3-5,8-11,13-14H,6-7,12H2,1-2H3/t13-,14-/m0/s1. The van der Waals surface area contributed by atoms with Crippen LogP contribution in [-0.4, -0.2) is 36.9 Å². The number of nitrogens with zero attached hydrogens (tertiary/aromatic N) is 1. The van der Waals surface area contributed by atoms with Crippen LogP contribution in [0.4, 0.5) is 0 Å². The number of carbonyl (C=O) groups excluding carboxylic acids is 2. The fraction of sp³-hybridized carbons (Fsp3) is 0.333. The second-order valence-corrected chi connectivity index (χ2v) is 9.22. The molecule has 2 aromatic rings. The Morgan fingerprint density at radius 3 is 2.22 bits per heavy atom. The minimum atomic E-state index is -3.88. The normalized spacial score (nSPS) is 23.0. The fourth-order valence-corrected chi connectivity index (χ4v) is 6.07. The van der Waals surface area contributed by atoms with Crippen molar-refractivity contribution in [2.75, 3.05) is 6.54 Å². The summed E-state index contributed by atoms with van der Waals surface area (Å²) in [5.74, 6) is -0.472. The Kier molecular flexibility index (Phi) is 4.28. The van der Waals surface area contributed by atoms with Gasteiger partial charge in [-0.15, -0.1) is 0 Å². The topological polar surface area (TPSA) is 71.5 Å². The Bertz CT molecular complexity index is 1060. The Morgan fingerprint density at radius 1 is 0.889 bits per heavy atom. The lowest BCUT2D eigenvalue weighted by atomic mass is 9.84. The SMILES string of the molecule is C[C@H]1CCCN(S(=O)(=O)c2cccc3c2C(=O)c2ccccc2C3=O)[C@H]1C. The molecule has 2 aliphatic rings. The van der Waals surface area contributed by atoms with E-state index in [1.807, 2.05) is 13.8 Å². The Balaban J connectivity index is 1.90. The van der Waals surface area contributed by atoms with Crippen molar-refractivity contribution in [3.63, 3.8) is 0 Å². The number of piperidine rings is 1. The summed E-state index contributed by atoms with van der Waals surface area (Å²) < 4.78 is 28.4. The molecular weight excluding hydrogens is 362 g/mol. The van der Waals surface area contributed by atoms with Crippen LogP contribution in [0.2, 0.25) is 0 Å². The Hall–Kier alpha value is -2.31. The molecule has 5 nitrogen and oxygen atoms in total. The number of rotatable bonds is 2. The lowest BCUT2D eigenvalue weighted by molar-refractivity contribution is 0.0976. The van der Waals surface area contributed by atoms with Gasteiger partial charge in [0.2, 0.25) is 10.0 Å². The molecule has 0 spiro atoms. The van der Waals surface area contributed by atoms with Gasteiger partial charge in [-0.25, -0.2) is 8.42 Å². The first kappa shape index (κ1) is 18.1. The van der Waals surface area contributed by atoms with E-state index in [4.69, 9.17) is 0 Å². The zero-order valence-electron chi connectivity index (χ0n) is 15.3. The first-order valence-corrected chi connectivity index (χ1v) is 10.6. The van der Waals surface area contributed by atoms with Crippen molar-refractivity contribution in [1.82, 2.24) is 4.31 Å². The third-order valence-corrected chi connectivity index (χ3v) is 7.85. The fourth-order valence-electron chi connectivity index (χ4n) is 4.09. The average Bonchev–Trinajstić information content (AvgIpc) is 2.67. The van der Waals surface area contributed by atoms with E-state index in [-0.39, 0.29) is 39.3 Å². The molecule has 1 aliphatic heterocycles. The summed E-state index contributed by atoms with van der Waals surface area (Å²) in [5, 5.41) is 0. The van der Waals surface area contributed by atoms with Gasteiger partial charge in [0.15, 0.2) is 11.6 Å². The van der Waals surface area contributed by atoms with Gasteiger partial charge in [0.1, 0.15) is 0 Å². The highest BCUT2D eigenvalue weighted by atomic mass is 32.2. The van der Waals surface area contributed by atoms with Crippen molar-refractivity contribution in [2.24, 2.45) is 5.92 Å². The molecule has 27 heavy (non-hydrogen) atoms. The highest BCUT2D eigenvalue weighted by Gasteiger charge is 2.40. The molecule has 0 radical (unpaired) electrons. The van der Waals surface area contributed by atoms with Gasteiger partial charge in [-0.05, 0) is 31.7 Å². The predicted octanol–water partition coefficient (Wildman–Crippen LogP) is 3.27. The summed E-state index contributed by atoms with van der Waals surface area (Å²) >= 11 is 0. The maximum atomic E-state index is 13.4. The molecule has 0 bridgehead atoms. The van der Waals surface area contributed by atoms with E-state index in [9.17, 15) is 18.0 Å². The van der Waals surface area contributed by atoms with E-state index in [1.54, 1.807) is 30.3 Å². The summed E-state index contributed by atoms with van der Waals surface area (Å²) in [6.45, 7) is 4.37. The Morgan fingerprint density at radius 2 is 1.52 bits per heavy atom. The van der Waals surface area contributed by atoms with Crippen molar-refractivity contribution >= 4 is 21.6 Å². The molecule has 0 unspecified atom stereocenters. The number of benzene rings is 2. The second-order valence-electron chi connectivity index (χ2n) is 7.36. The van der Waals surface area contributed by atoms with Crippen molar-refractivity contribution in [3.8, 4) is 0 Å². The average molecular weight is 383 g/mol. The van der Waals surface area contributed by atoms with Gasteiger partial charge < -0.3 is 0 Å². The van der Waals surface area contributed by atoms with Crippen LogP contribution in [-0.2, 0) is 10.0 Å². The van der Waals surface area contributed by atoms with Gasteiger partial charge in [-0.3, -0.25) is 9.59 Å². The number of fused-ring (bicyclic) bond motifs is 2. The monoisotopic (exact) mass is 383 g/mol. The lowest BCUT2D eigenvalue weighted by Gasteiger charge is -2.37. The number of carbonyl (C=O) groups is 2. The van der Waals surface area contributed by atoms with Crippen LogP contribution < -0.4 is 0 Å². The van der Waals surface area contributed by atoms with Crippen molar-refractivity contribution in [3.05, 3.63) is 64.7 Å². The molecule has 0 saturated carbocycles. The third-order valence-electron chi connectivity index (χ3n) is 5.82. The molecule has 1 aliphatic carbocycles. The quantitative estimate of drug-likeness (QED) is 0.681. The first-order chi connectivity index (χ1) is 12.8. The molecule has 1 fully saturated rings. The van der Waals surface area contributed by atoms with Crippen LogP contribution >= 0.6 is 0 Å². The van der Waals surface area contributed by atoms with Gasteiger partial charge >= 0.3 is 0 Å². The summed E-state index contributed by atoms with van der Waals surface area (Å²) in [4.78, 5) is 25.9. The first-order valence-electron chi connectivity index (χ1n) is 9.17. The number of hydrogen-bond acceptors (Lipinski definition) is 4. The van der Waals surface area contributed by atoms with Crippen LogP contribution in [0.1, 0.15) is 58.5 Å². The largest absolute Gasteiger partial charge is 0.289 e. The summed E-state index contributed by atoms with van der Waals surface area (Å²) in [5.41, 5.74) is 0.756. The zero-order valence-corrected chi connectivity index (χ0v) is 16.1. The summed E-state index contributed by atoms with van der Waals surface area (Å²) in [7, 11) is -3.88. The molecule has 2 aromatic carbocycles. The van der Waals surface area contributed by atoms with E-state index in [1.165, 1.54) is 16.4 Å². The Labute approximate surface area is 159 Å². The maximum absolute atomic E-state index is 13.4. The van der Waals surface area contributed by atoms with Gasteiger partial charge in [0.25, 0.3) is 0 Å². The van der Waals surface area contributed by atoms with E-state index in [0.717, 1.165) is 12.8 Å². The summed E-state index contributed by atoms with van der Waals surface area (Å²) in [6, 6.07) is 10.9. The molecule has 1 saturated heterocycles. The molecular formula is C21H21NO4S. The van der Waals surface area contributed by atoms with Gasteiger partial charge in [-0.1, -0.05) is 43.3 Å². The van der Waals surface area contributed by atoms with Gasteiger partial charge in [0, 0.05) is 29.3 Å². The number of hydrogen-bond donors (Lipinski definition) is 0. The molecule has 0 amide bonds. The molecule has 1 heterocycles. The highest BCUT2D eigenvalue weighted by Crippen LogP contribution is 2.35. The molecule has 0 N–H and O–H groups in total. The van der Waals surface area contributed by atoms with E-state index in [2.05, 4.69) is 0 Å². The van der Waals surface area contributed by atoms with Crippen LogP contribution in [0, 0.1) is 5.92 Å². The van der Waals surface area contributed by atoms with Gasteiger partial charge in [0.05, 0.1) is 10.5 Å². The predicted molar refractivity (Wildman–Crippen MR) is 102 cm³/mol. The number of sulfonamides is 1. The molecule has 2 atom stereocenters. The summed E-state index contributed by atoms with van der Waals surface area (Å²) in [6.07, 6.45) is 1.76. The van der Waals surface area contributed by atoms with Crippen molar-refractivity contribution in [1.29, 1.82) is 0 Å². The molecule has 140 valence electrons. The molecule has 4 rings (SSSR count). The van der Waals surface area contributed by atoms with Crippen molar-refractivity contribution in [2.45, 2.75) is 37.6 Å². The van der Waals surface area contributed by atoms with E-state index in [0.29, 0.717) is 12.1 Å². The van der Waals surface area contributed by atoms with Crippen LogP contribution in [0.5, 0.6) is 0 Å². The highest BCUT2D eigenvalue weighted by molar-refractivity contribution is 7.89. The smallest absolute Gasteiger partial charge is 0.244 e. The molecule has 0 aromatic heterocycles. The lowest BCUT2D eigenvalue weighted by Crippen LogP contribution is -2.46. The minimum absolute atomic E-state index is 0.00614. The maximum Gasteiger partial charge on any atom is 0.244 e. The van der Waals surface area contributed by atoms with Crippen LogP contribution in [0.25, 0.3) is 0 Å². The molecule has 6 heteroatoms. The van der Waals surface area contributed by atoms with E-state index < -0.39 is 15.8 Å². The zero-order chi connectivity index (χ0) is 19.3. The number of ketones is 2. The minimum Gasteiger partial charge on any atom is -0.289 e. The second kappa shape index (κ2) is 6.39. The van der Waals surface area contributed by atoms with Crippen LogP contribution in [0.3, 0.4) is 0 Å². The third kappa shape index (κ3) is 2.66. The van der Waals surface area contributed by atoms with Crippen molar-refractivity contribution < 1.29 is 18.0 Å². The van der Waals surface area contributed by atoms with Gasteiger partial charge in [-0.2, -0.15) is 4.31 Å². The van der Waals surface area contributed by atoms with E-state index >= 15 is 0 Å². The van der Waals surface area contributed by atoms with Crippen LogP contribution in [0.15, 0.2) is 47.4 Å².